The largest absolute Gasteiger partial charge is 0.624 e. The third-order valence-corrected chi connectivity index (χ3v) is 4.53. The first-order valence-corrected chi connectivity index (χ1v) is 8.57. The quantitative estimate of drug-likeness (QED) is 0.358. The first-order valence-electron chi connectivity index (χ1n) is 6.71. The molecule has 0 aliphatic heterocycles. The minimum atomic E-state index is -3.65. The summed E-state index contributed by atoms with van der Waals surface area (Å²) in [6.07, 6.45) is 5.97. The Balaban J connectivity index is 1.84. The van der Waals surface area contributed by atoms with Gasteiger partial charge in [-0.2, -0.15) is 0 Å². The Hall–Kier alpha value is -2.09. The smallest absolute Gasteiger partial charge is 0.240 e. The van der Waals surface area contributed by atoms with E-state index in [0.717, 1.165) is 0 Å². The summed E-state index contributed by atoms with van der Waals surface area (Å²) < 4.78 is 32.0. The van der Waals surface area contributed by atoms with Crippen LogP contribution in [-0.2, 0) is 10.0 Å². The summed E-state index contributed by atoms with van der Waals surface area (Å²) in [5, 5.41) is 12.0. The minimum Gasteiger partial charge on any atom is -0.624 e. The van der Waals surface area contributed by atoms with Crippen molar-refractivity contribution < 1.29 is 17.6 Å². The number of sulfonamides is 1. The summed E-state index contributed by atoms with van der Waals surface area (Å²) in [6.45, 7) is -0.0329. The third kappa shape index (κ3) is 5.55. The van der Waals surface area contributed by atoms with Gasteiger partial charge >= 0.3 is 0 Å². The highest BCUT2D eigenvalue weighted by Crippen LogP contribution is 2.13. The van der Waals surface area contributed by atoms with Crippen molar-refractivity contribution in [1.29, 1.82) is 0 Å². The molecule has 0 saturated carbocycles. The zero-order chi connectivity index (χ0) is 16.7. The average molecular weight is 355 g/mol. The van der Waals surface area contributed by atoms with Crippen LogP contribution in [0.2, 0.25) is 5.02 Å². The average Bonchev–Trinajstić information content (AvgIpc) is 3.01. The number of nitrogens with one attached hydrogen (secondary N) is 1. The lowest BCUT2D eigenvalue weighted by atomic mass is 10.4. The van der Waals surface area contributed by atoms with Gasteiger partial charge in [-0.1, -0.05) is 11.6 Å². The molecule has 0 bridgehead atoms. The molecule has 0 fully saturated rings. The highest BCUT2D eigenvalue weighted by Gasteiger charge is 2.13. The maximum absolute atomic E-state index is 12.0. The van der Waals surface area contributed by atoms with Crippen LogP contribution in [0.15, 0.2) is 58.1 Å². The van der Waals surface area contributed by atoms with E-state index in [9.17, 15) is 13.6 Å². The van der Waals surface area contributed by atoms with Crippen molar-refractivity contribution in [3.05, 3.63) is 64.7 Å². The molecule has 0 aliphatic rings. The van der Waals surface area contributed by atoms with E-state index in [0.29, 0.717) is 15.5 Å². The summed E-state index contributed by atoms with van der Waals surface area (Å²) in [4.78, 5) is 0.0982. The van der Waals surface area contributed by atoms with Gasteiger partial charge in [0.1, 0.15) is 5.76 Å². The molecule has 0 unspecified atom stereocenters. The molecule has 6 nitrogen and oxygen atoms in total. The first-order chi connectivity index (χ1) is 11.0. The number of hydrogen-bond donors (Lipinski definition) is 1. The van der Waals surface area contributed by atoms with Gasteiger partial charge < -0.3 is 9.62 Å². The molecule has 23 heavy (non-hydrogen) atoms. The van der Waals surface area contributed by atoms with E-state index in [1.807, 2.05) is 0 Å². The fourth-order valence-corrected chi connectivity index (χ4v) is 2.83. The molecule has 0 saturated heterocycles. The normalized spacial score (nSPS) is 12.8. The van der Waals surface area contributed by atoms with E-state index in [4.69, 9.17) is 16.0 Å². The van der Waals surface area contributed by atoms with Gasteiger partial charge in [-0.05, 0) is 42.5 Å². The van der Waals surface area contributed by atoms with Crippen LogP contribution >= 0.6 is 11.6 Å². The Labute approximate surface area is 139 Å². The predicted octanol–water partition coefficient (Wildman–Crippen LogP) is 2.51. The molecular formula is C15H15ClN2O4S. The van der Waals surface area contributed by atoms with E-state index in [2.05, 4.69) is 4.72 Å². The fraction of sp³-hybridized carbons (Fsp3) is 0.133. The lowest BCUT2D eigenvalue weighted by Gasteiger charge is -2.07. The van der Waals surface area contributed by atoms with Gasteiger partial charge in [0, 0.05) is 11.1 Å². The summed E-state index contributed by atoms with van der Waals surface area (Å²) in [6, 6.07) is 9.27. The maximum Gasteiger partial charge on any atom is 0.240 e. The van der Waals surface area contributed by atoms with Gasteiger partial charge in [0.15, 0.2) is 12.8 Å². The molecule has 1 heterocycles. The van der Waals surface area contributed by atoms with Gasteiger partial charge in [-0.15, -0.1) is 0 Å². The predicted molar refractivity (Wildman–Crippen MR) is 88.9 cm³/mol. The number of hydroxylamine groups is 1. The molecule has 1 aromatic heterocycles. The molecule has 0 spiro atoms. The lowest BCUT2D eigenvalue weighted by molar-refractivity contribution is -0.449. The second kappa shape index (κ2) is 7.96. The molecular weight excluding hydrogens is 340 g/mol. The molecule has 2 rings (SSSR count). The van der Waals surface area contributed by atoms with Gasteiger partial charge in [0.2, 0.25) is 10.0 Å². The van der Waals surface area contributed by atoms with E-state index in [-0.39, 0.29) is 18.0 Å². The fourth-order valence-electron chi connectivity index (χ4n) is 1.68. The molecule has 1 N–H and O–H groups in total. The standard InChI is InChI=1S/C15H15ClN2O4S/c16-13-5-7-15(8-6-13)23(20,21)17-9-11-18(19)10-1-3-14-4-2-12-22-14/h1-8,10,12,17H,9,11H2/b3-1+,18-10-. The van der Waals surface area contributed by atoms with Crippen LogP contribution in [0.4, 0.5) is 0 Å². The van der Waals surface area contributed by atoms with E-state index in [1.165, 1.54) is 42.8 Å². The van der Waals surface area contributed by atoms with Gasteiger partial charge in [-0.3, -0.25) is 0 Å². The van der Waals surface area contributed by atoms with Crippen molar-refractivity contribution in [2.75, 3.05) is 13.1 Å². The van der Waals surface area contributed by atoms with Crippen molar-refractivity contribution in [3.63, 3.8) is 0 Å². The van der Waals surface area contributed by atoms with E-state index < -0.39 is 10.0 Å². The Morgan fingerprint density at radius 3 is 2.65 bits per heavy atom. The molecule has 122 valence electrons. The van der Waals surface area contributed by atoms with Crippen LogP contribution in [0, 0.1) is 5.21 Å². The first kappa shape index (κ1) is 17.3. The zero-order valence-corrected chi connectivity index (χ0v) is 13.6. The van der Waals surface area contributed by atoms with Crippen LogP contribution in [0.5, 0.6) is 0 Å². The number of hydrogen-bond acceptors (Lipinski definition) is 4. The minimum absolute atomic E-state index is 0.0143. The number of allylic oxidation sites excluding steroid dienone is 1. The van der Waals surface area contributed by atoms with E-state index in [1.54, 1.807) is 18.2 Å². The Morgan fingerprint density at radius 2 is 2.00 bits per heavy atom. The summed E-state index contributed by atoms with van der Waals surface area (Å²) in [5.74, 6) is 0.623. The molecule has 0 amide bonds. The molecule has 8 heteroatoms. The monoisotopic (exact) mass is 354 g/mol. The van der Waals surface area contributed by atoms with Crippen molar-refractivity contribution in [2.24, 2.45) is 0 Å². The maximum atomic E-state index is 12.0. The number of nitrogens with zero attached hydrogens (tertiary/aromatic N) is 1. The van der Waals surface area contributed by atoms with Crippen molar-refractivity contribution in [3.8, 4) is 0 Å². The molecule has 0 radical (unpaired) electrons. The molecule has 0 aliphatic carbocycles. The van der Waals surface area contributed by atoms with E-state index >= 15 is 0 Å². The van der Waals surface area contributed by atoms with Crippen molar-refractivity contribution in [1.82, 2.24) is 4.72 Å². The third-order valence-electron chi connectivity index (χ3n) is 2.80. The van der Waals surface area contributed by atoms with Crippen LogP contribution in [0.3, 0.4) is 0 Å². The summed E-state index contributed by atoms with van der Waals surface area (Å²) in [5.41, 5.74) is 0. The molecule has 1 aromatic carbocycles. The number of rotatable bonds is 7. The lowest BCUT2D eigenvalue weighted by Crippen LogP contribution is -2.29. The van der Waals surface area contributed by atoms with Crippen LogP contribution in [0.25, 0.3) is 6.08 Å². The zero-order valence-electron chi connectivity index (χ0n) is 12.1. The van der Waals surface area contributed by atoms with Crippen LogP contribution in [0.1, 0.15) is 5.76 Å². The van der Waals surface area contributed by atoms with Crippen molar-refractivity contribution >= 4 is 33.9 Å². The van der Waals surface area contributed by atoms with Crippen LogP contribution in [-0.4, -0.2) is 32.5 Å². The van der Waals surface area contributed by atoms with Crippen molar-refractivity contribution in [2.45, 2.75) is 4.90 Å². The summed E-state index contributed by atoms with van der Waals surface area (Å²) >= 11 is 5.71. The van der Waals surface area contributed by atoms with Gasteiger partial charge in [0.25, 0.3) is 0 Å². The number of halogens is 1. The summed E-state index contributed by atoms with van der Waals surface area (Å²) in [7, 11) is -3.65. The van der Waals surface area contributed by atoms with Gasteiger partial charge in [-0.25, -0.2) is 17.9 Å². The second-order valence-corrected chi connectivity index (χ2v) is 6.72. The highest BCUT2D eigenvalue weighted by molar-refractivity contribution is 7.89. The SMILES string of the molecule is O=S(=O)(NCC/[N+]([O-])=C/C=C/c1ccco1)c1ccc(Cl)cc1. The molecule has 2 aromatic rings. The topological polar surface area (TPSA) is 85.4 Å². The number of benzene rings is 1. The Kier molecular flexibility index (Phi) is 5.97. The number of furan rings is 1. The Bertz CT molecular complexity index is 781. The second-order valence-electron chi connectivity index (χ2n) is 4.52. The van der Waals surface area contributed by atoms with Crippen LogP contribution < -0.4 is 4.72 Å². The molecule has 0 atom stereocenters. The Morgan fingerprint density at radius 1 is 1.26 bits per heavy atom. The van der Waals surface area contributed by atoms with Gasteiger partial charge in [0.05, 0.1) is 17.7 Å². The highest BCUT2D eigenvalue weighted by atomic mass is 35.5.